The number of hydrogen-bond donors (Lipinski definition) is 3. The molecule has 3 aliphatic rings. The number of rotatable bonds is 0. The summed E-state index contributed by atoms with van der Waals surface area (Å²) in [7, 11) is 1.58. The molecule has 21 heavy (non-hydrogen) atoms. The summed E-state index contributed by atoms with van der Waals surface area (Å²) in [5.74, 6) is -0.162. The van der Waals surface area contributed by atoms with Crippen molar-refractivity contribution in [3.63, 3.8) is 0 Å². The van der Waals surface area contributed by atoms with Crippen molar-refractivity contribution < 1.29 is 14.7 Å². The minimum atomic E-state index is -1.26. The second-order valence-electron chi connectivity index (χ2n) is 5.67. The topological polar surface area (TPSA) is 86.6 Å². The Labute approximate surface area is 147 Å². The van der Waals surface area contributed by atoms with Gasteiger partial charge in [0, 0.05) is 17.0 Å². The van der Waals surface area contributed by atoms with E-state index < -0.39 is 11.8 Å². The van der Waals surface area contributed by atoms with E-state index in [0.717, 1.165) is 7.27 Å². The fraction of sp³-hybridized carbons (Fsp3) is 0.500. The van der Waals surface area contributed by atoms with E-state index in [-0.39, 0.29) is 24.0 Å². The van der Waals surface area contributed by atoms with Crippen LogP contribution < -0.4 is 10.6 Å². The Morgan fingerprint density at radius 1 is 1.38 bits per heavy atom. The van der Waals surface area contributed by atoms with Gasteiger partial charge in [-0.2, -0.15) is 0 Å². The molecule has 0 spiro atoms. The number of carbonyl (C=O) groups excluding carboxylic acids is 2. The van der Waals surface area contributed by atoms with Crippen LogP contribution in [0, 0.1) is 7.27 Å². The molecule has 0 aromatic carbocycles. The zero-order valence-electron chi connectivity index (χ0n) is 10.9. The Bertz CT molecular complexity index is 690. The van der Waals surface area contributed by atoms with Gasteiger partial charge >= 0.3 is 6.03 Å². The van der Waals surface area contributed by atoms with Gasteiger partial charge in [0.15, 0.2) is 5.72 Å². The van der Waals surface area contributed by atoms with Crippen LogP contribution in [0.1, 0.15) is 23.0 Å². The van der Waals surface area contributed by atoms with Gasteiger partial charge in [0.05, 0.1) is 15.8 Å². The zero-order valence-corrected chi connectivity index (χ0v) is 15.2. The van der Waals surface area contributed by atoms with E-state index in [1.54, 1.807) is 7.05 Å². The molecule has 0 unspecified atom stereocenters. The fourth-order valence-corrected chi connectivity index (χ4v) is 4.98. The van der Waals surface area contributed by atoms with E-state index in [4.69, 9.17) is 0 Å². The van der Waals surface area contributed by atoms with Crippen LogP contribution in [0.25, 0.3) is 0 Å². The van der Waals surface area contributed by atoms with Gasteiger partial charge in [-0.25, -0.2) is 4.79 Å². The molecule has 1 aromatic rings. The predicted octanol–water partition coefficient (Wildman–Crippen LogP) is 0.466. The molecule has 7 nitrogen and oxygen atoms in total. The Morgan fingerprint density at radius 3 is 2.81 bits per heavy atom. The van der Waals surface area contributed by atoms with E-state index in [1.165, 1.54) is 4.90 Å². The number of urea groups is 1. The maximum Gasteiger partial charge on any atom is 0.319 e. The van der Waals surface area contributed by atoms with E-state index in [2.05, 4.69) is 55.8 Å². The van der Waals surface area contributed by atoms with Crippen LogP contribution in [0.4, 0.5) is 4.79 Å². The van der Waals surface area contributed by atoms with Crippen molar-refractivity contribution in [3.8, 4) is 0 Å². The number of fused-ring (bicyclic) bond motifs is 5. The lowest BCUT2D eigenvalue weighted by Crippen LogP contribution is -2.56. The minimum Gasteiger partial charge on any atom is -0.368 e. The van der Waals surface area contributed by atoms with E-state index >= 15 is 0 Å². The molecule has 0 radical (unpaired) electrons. The first-order valence-corrected chi connectivity index (χ1v) is 8.64. The summed E-state index contributed by atoms with van der Waals surface area (Å²) in [5, 5.41) is 16.6. The minimum absolute atomic E-state index is 0.0637. The number of amides is 3. The number of hydrogen-bond acceptors (Lipinski definition) is 3. The highest BCUT2D eigenvalue weighted by molar-refractivity contribution is 14.1. The molecule has 0 bridgehead atoms. The van der Waals surface area contributed by atoms with Crippen molar-refractivity contribution in [1.29, 1.82) is 0 Å². The maximum absolute atomic E-state index is 12.3. The summed E-state index contributed by atoms with van der Waals surface area (Å²) in [6.45, 7) is 0. The summed E-state index contributed by atoms with van der Waals surface area (Å²) < 4.78 is 3.99. The number of carbonyl (C=O) groups is 2. The second kappa shape index (κ2) is 4.25. The van der Waals surface area contributed by atoms with Gasteiger partial charge < -0.3 is 20.3 Å². The third-order valence-corrected chi connectivity index (χ3v) is 7.69. The molecular weight excluding hydrogens is 502 g/mol. The highest BCUT2D eigenvalue weighted by Crippen LogP contribution is 2.46. The molecule has 9 heteroatoms. The van der Waals surface area contributed by atoms with Crippen LogP contribution in [0.15, 0.2) is 6.07 Å². The van der Waals surface area contributed by atoms with Crippen LogP contribution in [-0.4, -0.2) is 51.4 Å². The van der Waals surface area contributed by atoms with Gasteiger partial charge in [-0.3, -0.25) is 9.69 Å². The van der Waals surface area contributed by atoms with Gasteiger partial charge in [0.25, 0.3) is 5.91 Å². The summed E-state index contributed by atoms with van der Waals surface area (Å²) >= 11 is 4.42. The number of aromatic nitrogens is 1. The van der Waals surface area contributed by atoms with Gasteiger partial charge in [-0.15, -0.1) is 0 Å². The van der Waals surface area contributed by atoms with Crippen molar-refractivity contribution in [2.45, 2.75) is 30.3 Å². The highest BCUT2D eigenvalue weighted by Gasteiger charge is 2.63. The first-order valence-electron chi connectivity index (χ1n) is 6.48. The average Bonchev–Trinajstić information content (AvgIpc) is 2.95. The quantitative estimate of drug-likeness (QED) is 0.441. The Morgan fingerprint density at radius 2 is 2.10 bits per heavy atom. The molecule has 2 aliphatic heterocycles. The molecule has 112 valence electrons. The van der Waals surface area contributed by atoms with Crippen LogP contribution in [-0.2, 0) is 0 Å². The van der Waals surface area contributed by atoms with Crippen LogP contribution >= 0.6 is 45.2 Å². The summed E-state index contributed by atoms with van der Waals surface area (Å²) in [5.41, 5.74) is -0.650. The van der Waals surface area contributed by atoms with Crippen LogP contribution in [0.3, 0.4) is 0 Å². The summed E-state index contributed by atoms with van der Waals surface area (Å²) in [6, 6.07) is 0.687. The fourth-order valence-electron chi connectivity index (χ4n) is 3.65. The molecule has 1 aromatic heterocycles. The number of nitrogens with zero attached hydrogens (tertiary/aromatic N) is 2. The number of likely N-dealkylation sites (N-methyl/N-ethyl adjacent to an activating group) is 1. The Hall–Kier alpha value is -0.560. The number of halogens is 2. The van der Waals surface area contributed by atoms with E-state index in [9.17, 15) is 14.7 Å². The highest BCUT2D eigenvalue weighted by atomic mass is 127. The number of nitrogens with one attached hydrogen (secondary N) is 2. The lowest BCUT2D eigenvalue weighted by Gasteiger charge is -2.32. The van der Waals surface area contributed by atoms with Crippen molar-refractivity contribution in [3.05, 3.63) is 19.0 Å². The van der Waals surface area contributed by atoms with Crippen molar-refractivity contribution >= 4 is 57.1 Å². The summed E-state index contributed by atoms with van der Waals surface area (Å²) in [4.78, 5) is 25.4. The zero-order chi connectivity index (χ0) is 15.1. The maximum atomic E-state index is 12.3. The van der Waals surface area contributed by atoms with Gasteiger partial charge in [0.2, 0.25) is 0 Å². The summed E-state index contributed by atoms with van der Waals surface area (Å²) in [6.07, 6.45) is 0.394. The predicted molar refractivity (Wildman–Crippen MR) is 89.8 cm³/mol. The third-order valence-electron chi connectivity index (χ3n) is 4.74. The van der Waals surface area contributed by atoms with Crippen molar-refractivity contribution in [2.75, 3.05) is 7.05 Å². The molecule has 1 saturated carbocycles. The third kappa shape index (κ3) is 1.62. The van der Waals surface area contributed by atoms with Crippen molar-refractivity contribution in [1.82, 2.24) is 20.1 Å². The second-order valence-corrected chi connectivity index (χ2v) is 7.86. The van der Waals surface area contributed by atoms with E-state index in [0.29, 0.717) is 12.1 Å². The molecule has 3 N–H and O–H groups in total. The monoisotopic (exact) mass is 514 g/mol. The van der Waals surface area contributed by atoms with Gasteiger partial charge in [-0.05, 0) is 51.2 Å². The number of aliphatic hydroxyl groups is 1. The molecule has 1 saturated heterocycles. The molecule has 1 aliphatic carbocycles. The van der Waals surface area contributed by atoms with Crippen molar-refractivity contribution in [2.24, 2.45) is 0 Å². The largest absolute Gasteiger partial charge is 0.368 e. The molecule has 3 amide bonds. The lowest BCUT2D eigenvalue weighted by molar-refractivity contribution is -0.0561. The molecular formula is C12H12I2N4O3. The van der Waals surface area contributed by atoms with Gasteiger partial charge in [-0.1, -0.05) is 0 Å². The SMILES string of the molecule is CN1C(=O)N[C@H]2[C@@H]3NC(=O)c4cc(I)c(I)n4[C@@H]3C[C@]21O. The lowest BCUT2D eigenvalue weighted by atomic mass is 10.1. The molecule has 2 fully saturated rings. The Kier molecular flexibility index (Phi) is 2.85. The molecule has 4 rings (SSSR count). The first-order chi connectivity index (χ1) is 9.84. The standard InChI is InChI=1S/C12H12I2N4O3/c1-17-11(20)16-8-7-6(3-12(8,17)21)18-5(10(19)15-7)2-4(13)9(18)14/h2,6-8,21H,3H2,1H3,(H,15,19)(H,16,20)/t6-,7-,8+,12+/m1/s1. The molecule has 3 heterocycles. The normalized spacial score (nSPS) is 37.0. The molecule has 4 atom stereocenters. The Balaban J connectivity index is 1.85. The van der Waals surface area contributed by atoms with E-state index in [1.807, 2.05) is 10.6 Å². The smallest absolute Gasteiger partial charge is 0.319 e. The van der Waals surface area contributed by atoms with Gasteiger partial charge in [0.1, 0.15) is 11.7 Å². The average molecular weight is 514 g/mol. The first kappa shape index (κ1) is 14.1. The van der Waals surface area contributed by atoms with Crippen LogP contribution in [0.5, 0.6) is 0 Å². The van der Waals surface area contributed by atoms with Crippen LogP contribution in [0.2, 0.25) is 0 Å².